The lowest BCUT2D eigenvalue weighted by molar-refractivity contribution is 0.149. The molecule has 2 atom stereocenters. The summed E-state index contributed by atoms with van der Waals surface area (Å²) in [5, 5.41) is 2.58. The molecule has 2 heteroatoms. The van der Waals surface area contributed by atoms with Crippen LogP contribution in [0.25, 0.3) is 0 Å². The maximum absolute atomic E-state index is 7.17. The van der Waals surface area contributed by atoms with Gasteiger partial charge in [0.05, 0.1) is 0 Å². The molecule has 35 heavy (non-hydrogen) atoms. The number of rotatable bonds is 7. The second-order valence-electron chi connectivity index (χ2n) is 12.0. The molecular formula is C33H42OSi. The Labute approximate surface area is 214 Å². The summed E-state index contributed by atoms with van der Waals surface area (Å²) in [5.74, 6) is 2.34. The van der Waals surface area contributed by atoms with Gasteiger partial charge in [0.15, 0.2) is 0 Å². The largest absolute Gasteiger partial charge is 0.534 e. The van der Waals surface area contributed by atoms with Gasteiger partial charge < -0.3 is 4.43 Å². The van der Waals surface area contributed by atoms with E-state index in [4.69, 9.17) is 4.43 Å². The minimum atomic E-state index is -2.59. The molecule has 1 nitrogen and oxygen atoms in total. The van der Waals surface area contributed by atoms with Crippen LogP contribution in [0.5, 0.6) is 5.75 Å². The Balaban J connectivity index is 1.61. The molecule has 0 unspecified atom stereocenters. The van der Waals surface area contributed by atoms with Crippen molar-refractivity contribution in [2.75, 3.05) is 0 Å². The summed E-state index contributed by atoms with van der Waals surface area (Å²) < 4.78 is 7.17. The number of allylic oxidation sites excluding steroid dienone is 2. The van der Waals surface area contributed by atoms with Gasteiger partial charge in [-0.3, -0.25) is 0 Å². The molecule has 0 saturated carbocycles. The molecule has 4 rings (SSSR count). The number of aryl methyl sites for hydroxylation is 1. The Morgan fingerprint density at radius 2 is 1.37 bits per heavy atom. The fourth-order valence-electron chi connectivity index (χ4n) is 6.11. The number of hydrogen-bond acceptors (Lipinski definition) is 1. The average Bonchev–Trinajstić information content (AvgIpc) is 2.83. The van der Waals surface area contributed by atoms with Gasteiger partial charge in [0.2, 0.25) is 0 Å². The molecule has 0 radical (unpaired) electrons. The van der Waals surface area contributed by atoms with Gasteiger partial charge >= 0.3 is 8.32 Å². The Bertz CT molecular complexity index is 1070. The molecule has 3 aromatic carbocycles. The molecule has 3 aromatic rings. The van der Waals surface area contributed by atoms with Crippen molar-refractivity contribution in [3.63, 3.8) is 0 Å². The van der Waals surface area contributed by atoms with Crippen LogP contribution in [0.3, 0.4) is 0 Å². The fraction of sp³-hybridized carbons (Fsp3) is 0.394. The van der Waals surface area contributed by atoms with Crippen molar-refractivity contribution in [3.05, 3.63) is 103 Å². The molecule has 0 N–H and O–H groups in total. The van der Waals surface area contributed by atoms with E-state index in [9.17, 15) is 0 Å². The fourth-order valence-corrected chi connectivity index (χ4v) is 10.5. The highest BCUT2D eigenvalue weighted by Crippen LogP contribution is 2.43. The van der Waals surface area contributed by atoms with E-state index in [2.05, 4.69) is 139 Å². The van der Waals surface area contributed by atoms with Gasteiger partial charge in [-0.1, -0.05) is 126 Å². The van der Waals surface area contributed by atoms with Crippen LogP contribution in [0.15, 0.2) is 97.1 Å². The highest BCUT2D eigenvalue weighted by Gasteiger charge is 2.52. The van der Waals surface area contributed by atoms with Crippen LogP contribution in [0, 0.1) is 17.3 Å². The third kappa shape index (κ3) is 5.33. The summed E-state index contributed by atoms with van der Waals surface area (Å²) in [6.07, 6.45) is 8.32. The van der Waals surface area contributed by atoms with Crippen molar-refractivity contribution < 1.29 is 4.43 Å². The van der Waals surface area contributed by atoms with Gasteiger partial charge in [0, 0.05) is 0 Å². The average molecular weight is 483 g/mol. The lowest BCUT2D eigenvalue weighted by Gasteiger charge is -2.43. The van der Waals surface area contributed by atoms with Crippen molar-refractivity contribution in [1.82, 2.24) is 0 Å². The van der Waals surface area contributed by atoms with Gasteiger partial charge in [-0.05, 0) is 69.6 Å². The van der Waals surface area contributed by atoms with E-state index in [1.807, 2.05) is 0 Å². The normalized spacial score (nSPS) is 19.9. The molecule has 0 amide bonds. The van der Waals surface area contributed by atoms with Crippen molar-refractivity contribution in [2.45, 2.75) is 65.8 Å². The van der Waals surface area contributed by atoms with E-state index in [1.165, 1.54) is 28.8 Å². The molecule has 1 aliphatic rings. The molecule has 0 aliphatic heterocycles. The standard InChI is InChI=1S/C33H42OSi/c1-26-14-13-25-33(5,6)31(26)24-21-27-19-22-28(23-20-27)34-35(32(2,3)4,29-15-9-7-10-16-29)30-17-11-8-12-18-30/h7-20,22-23,26,31H,21,24-25H2,1-6H3/t26-,31-/m1/s1. The molecule has 0 aromatic heterocycles. The third-order valence-corrected chi connectivity index (χ3v) is 13.0. The zero-order chi connectivity index (χ0) is 25.1. The van der Waals surface area contributed by atoms with Crippen molar-refractivity contribution in [2.24, 2.45) is 17.3 Å². The van der Waals surface area contributed by atoms with Crippen LogP contribution in [0.2, 0.25) is 5.04 Å². The van der Waals surface area contributed by atoms with E-state index in [0.717, 1.165) is 18.1 Å². The zero-order valence-corrected chi connectivity index (χ0v) is 23.4. The second kappa shape index (κ2) is 10.2. The summed E-state index contributed by atoms with van der Waals surface area (Å²) in [5.41, 5.74) is 1.78. The van der Waals surface area contributed by atoms with Gasteiger partial charge in [0.25, 0.3) is 0 Å². The summed E-state index contributed by atoms with van der Waals surface area (Å²) in [6, 6.07) is 30.7. The first-order valence-electron chi connectivity index (χ1n) is 13.2. The highest BCUT2D eigenvalue weighted by molar-refractivity contribution is 7.00. The molecule has 184 valence electrons. The van der Waals surface area contributed by atoms with Gasteiger partial charge in [-0.2, -0.15) is 0 Å². The van der Waals surface area contributed by atoms with Crippen LogP contribution in [-0.2, 0) is 6.42 Å². The van der Waals surface area contributed by atoms with Crippen molar-refractivity contribution in [3.8, 4) is 5.75 Å². The first kappa shape index (κ1) is 25.5. The highest BCUT2D eigenvalue weighted by atomic mass is 28.4. The van der Waals surface area contributed by atoms with Crippen LogP contribution < -0.4 is 14.8 Å². The predicted molar refractivity (Wildman–Crippen MR) is 153 cm³/mol. The Morgan fingerprint density at radius 1 is 0.829 bits per heavy atom. The van der Waals surface area contributed by atoms with Gasteiger partial charge in [-0.25, -0.2) is 0 Å². The molecule has 1 aliphatic carbocycles. The van der Waals surface area contributed by atoms with Crippen LogP contribution in [0.4, 0.5) is 0 Å². The molecule has 0 heterocycles. The summed E-state index contributed by atoms with van der Waals surface area (Å²) in [6.45, 7) is 14.2. The maximum atomic E-state index is 7.17. The van der Waals surface area contributed by atoms with Crippen LogP contribution in [0.1, 0.15) is 59.9 Å². The topological polar surface area (TPSA) is 9.23 Å². The Kier molecular flexibility index (Phi) is 7.42. The summed E-state index contributed by atoms with van der Waals surface area (Å²) in [7, 11) is -2.59. The second-order valence-corrected chi connectivity index (χ2v) is 16.3. The van der Waals surface area contributed by atoms with E-state index in [1.54, 1.807) is 0 Å². The van der Waals surface area contributed by atoms with Crippen molar-refractivity contribution >= 4 is 18.7 Å². The lowest BCUT2D eigenvalue weighted by Crippen LogP contribution is -2.68. The molecular weight excluding hydrogens is 440 g/mol. The zero-order valence-electron chi connectivity index (χ0n) is 22.4. The molecule has 0 fully saturated rings. The first-order valence-corrected chi connectivity index (χ1v) is 15.1. The maximum Gasteiger partial charge on any atom is 0.319 e. The van der Waals surface area contributed by atoms with E-state index in [-0.39, 0.29) is 5.04 Å². The van der Waals surface area contributed by atoms with E-state index < -0.39 is 8.32 Å². The SMILES string of the molecule is C[C@@H]1C=CCC(C)(C)[C@@H]1CCc1ccc(O[Si](c2ccccc2)(c2ccccc2)C(C)(C)C)cc1. The van der Waals surface area contributed by atoms with E-state index in [0.29, 0.717) is 11.3 Å². The molecule has 0 bridgehead atoms. The quantitative estimate of drug-likeness (QED) is 0.247. The first-order chi connectivity index (χ1) is 16.6. The lowest BCUT2D eigenvalue weighted by atomic mass is 9.65. The number of benzene rings is 3. The number of hydrogen-bond donors (Lipinski definition) is 0. The van der Waals surface area contributed by atoms with E-state index >= 15 is 0 Å². The van der Waals surface area contributed by atoms with Crippen molar-refractivity contribution in [1.29, 1.82) is 0 Å². The monoisotopic (exact) mass is 482 g/mol. The smallest absolute Gasteiger partial charge is 0.319 e. The summed E-state index contributed by atoms with van der Waals surface area (Å²) in [4.78, 5) is 0. The van der Waals surface area contributed by atoms with Crippen LogP contribution in [-0.4, -0.2) is 8.32 Å². The third-order valence-electron chi connectivity index (χ3n) is 8.08. The summed E-state index contributed by atoms with van der Waals surface area (Å²) >= 11 is 0. The van der Waals surface area contributed by atoms with Gasteiger partial charge in [0.1, 0.15) is 5.75 Å². The minimum absolute atomic E-state index is 0.0371. The molecule has 0 spiro atoms. The Morgan fingerprint density at radius 3 is 1.86 bits per heavy atom. The molecule has 0 saturated heterocycles. The minimum Gasteiger partial charge on any atom is -0.534 e. The van der Waals surface area contributed by atoms with Gasteiger partial charge in [-0.15, -0.1) is 0 Å². The van der Waals surface area contributed by atoms with Crippen LogP contribution >= 0.6 is 0 Å². The predicted octanol–water partition coefficient (Wildman–Crippen LogP) is 7.80. The Hall–Kier alpha value is -2.58.